The van der Waals surface area contributed by atoms with Crippen LogP contribution in [0.3, 0.4) is 0 Å². The second-order valence-electron chi connectivity index (χ2n) is 6.25. The van der Waals surface area contributed by atoms with Gasteiger partial charge in [0.2, 0.25) is 15.2 Å². The van der Waals surface area contributed by atoms with Crippen LogP contribution in [0.1, 0.15) is 30.2 Å². The molecule has 0 atom stereocenters. The predicted molar refractivity (Wildman–Crippen MR) is 93.9 cm³/mol. The van der Waals surface area contributed by atoms with Gasteiger partial charge in [0.1, 0.15) is 5.01 Å². The maximum absolute atomic E-state index is 12.8. The molecule has 0 unspecified atom stereocenters. The lowest BCUT2D eigenvalue weighted by atomic mass is 10.4. The van der Waals surface area contributed by atoms with Crippen LogP contribution >= 0.6 is 11.3 Å². The Bertz CT molecular complexity index is 802. The normalized spacial score (nSPS) is 20.1. The van der Waals surface area contributed by atoms with Crippen LogP contribution in [0.15, 0.2) is 35.2 Å². The van der Waals surface area contributed by atoms with Crippen LogP contribution in [-0.2, 0) is 10.0 Å². The van der Waals surface area contributed by atoms with Gasteiger partial charge >= 0.3 is 0 Å². The quantitative estimate of drug-likeness (QED) is 0.833. The van der Waals surface area contributed by atoms with Gasteiger partial charge < -0.3 is 4.90 Å². The monoisotopic (exact) mass is 364 g/mol. The first-order valence-corrected chi connectivity index (χ1v) is 10.5. The van der Waals surface area contributed by atoms with E-state index < -0.39 is 10.0 Å². The summed E-state index contributed by atoms with van der Waals surface area (Å²) >= 11 is 1.66. The van der Waals surface area contributed by atoms with Crippen LogP contribution in [0.5, 0.6) is 0 Å². The van der Waals surface area contributed by atoms with E-state index in [0.29, 0.717) is 30.4 Å². The van der Waals surface area contributed by atoms with E-state index in [0.717, 1.165) is 23.1 Å². The van der Waals surface area contributed by atoms with Crippen molar-refractivity contribution in [1.29, 1.82) is 0 Å². The van der Waals surface area contributed by atoms with Crippen molar-refractivity contribution in [1.82, 2.24) is 14.5 Å². The molecule has 0 N–H and O–H groups in total. The van der Waals surface area contributed by atoms with Gasteiger partial charge in [-0.25, -0.2) is 8.42 Å². The van der Waals surface area contributed by atoms with Crippen LogP contribution in [0.25, 0.3) is 0 Å². The lowest BCUT2D eigenvalue weighted by Gasteiger charge is -2.21. The maximum atomic E-state index is 12.8. The molecule has 1 aliphatic carbocycles. The number of hydrogen-bond acceptors (Lipinski definition) is 6. The summed E-state index contributed by atoms with van der Waals surface area (Å²) in [5.74, 6) is 0.609. The van der Waals surface area contributed by atoms with Gasteiger partial charge in [0.25, 0.3) is 0 Å². The highest BCUT2D eigenvalue weighted by molar-refractivity contribution is 7.89. The number of anilines is 1. The molecule has 128 valence electrons. The first-order valence-electron chi connectivity index (χ1n) is 8.28. The van der Waals surface area contributed by atoms with Gasteiger partial charge in [0, 0.05) is 32.1 Å². The first-order chi connectivity index (χ1) is 11.6. The zero-order chi connectivity index (χ0) is 16.6. The van der Waals surface area contributed by atoms with Crippen LogP contribution in [-0.4, -0.2) is 49.1 Å². The molecule has 1 aromatic carbocycles. The average Bonchev–Trinajstić information content (AvgIpc) is 3.39. The van der Waals surface area contributed by atoms with E-state index in [1.165, 1.54) is 12.8 Å². The van der Waals surface area contributed by atoms with Gasteiger partial charge in [0.05, 0.1) is 4.90 Å². The van der Waals surface area contributed by atoms with Crippen LogP contribution < -0.4 is 4.90 Å². The molecule has 4 rings (SSSR count). The van der Waals surface area contributed by atoms with Crippen molar-refractivity contribution in [2.75, 3.05) is 31.1 Å². The third kappa shape index (κ3) is 3.18. The molecule has 1 saturated heterocycles. The molecule has 24 heavy (non-hydrogen) atoms. The summed E-state index contributed by atoms with van der Waals surface area (Å²) < 4.78 is 27.1. The van der Waals surface area contributed by atoms with Gasteiger partial charge in [-0.1, -0.05) is 29.5 Å². The van der Waals surface area contributed by atoms with E-state index in [1.807, 2.05) is 6.07 Å². The number of sulfonamides is 1. The zero-order valence-corrected chi connectivity index (χ0v) is 15.0. The number of aromatic nitrogens is 2. The fraction of sp³-hybridized carbons (Fsp3) is 0.500. The molecule has 1 aliphatic heterocycles. The zero-order valence-electron chi connectivity index (χ0n) is 13.3. The minimum absolute atomic E-state index is 0.366. The Morgan fingerprint density at radius 2 is 1.79 bits per heavy atom. The molecule has 8 heteroatoms. The van der Waals surface area contributed by atoms with E-state index in [-0.39, 0.29) is 0 Å². The smallest absolute Gasteiger partial charge is 0.243 e. The van der Waals surface area contributed by atoms with Crippen LogP contribution in [0, 0.1) is 0 Å². The third-order valence-corrected chi connectivity index (χ3v) is 7.52. The van der Waals surface area contributed by atoms with Gasteiger partial charge in [-0.3, -0.25) is 0 Å². The molecule has 0 radical (unpaired) electrons. The highest BCUT2D eigenvalue weighted by atomic mass is 32.2. The fourth-order valence-electron chi connectivity index (χ4n) is 2.92. The second kappa shape index (κ2) is 6.42. The second-order valence-corrected chi connectivity index (χ2v) is 9.18. The molecule has 0 bridgehead atoms. The van der Waals surface area contributed by atoms with Crippen molar-refractivity contribution >= 4 is 26.5 Å². The van der Waals surface area contributed by atoms with E-state index in [2.05, 4.69) is 15.1 Å². The Kier molecular flexibility index (Phi) is 4.28. The Labute approximate surface area is 146 Å². The number of benzene rings is 1. The van der Waals surface area contributed by atoms with E-state index in [9.17, 15) is 8.42 Å². The number of hydrogen-bond donors (Lipinski definition) is 0. The Balaban J connectivity index is 1.47. The molecule has 2 fully saturated rings. The highest BCUT2D eigenvalue weighted by Crippen LogP contribution is 2.42. The van der Waals surface area contributed by atoms with Gasteiger partial charge in [-0.05, 0) is 31.4 Å². The van der Waals surface area contributed by atoms with Crippen molar-refractivity contribution in [3.63, 3.8) is 0 Å². The third-order valence-electron chi connectivity index (χ3n) is 4.46. The van der Waals surface area contributed by atoms with Crippen molar-refractivity contribution in [3.8, 4) is 0 Å². The molecule has 2 heterocycles. The molecule has 2 aliphatic rings. The fourth-order valence-corrected chi connectivity index (χ4v) is 5.47. The SMILES string of the molecule is O=S(=O)(c1ccccc1)N1CCCN(c2nnc(C3CC3)s2)CC1. The Morgan fingerprint density at radius 3 is 2.54 bits per heavy atom. The topological polar surface area (TPSA) is 66.4 Å². The van der Waals surface area contributed by atoms with Gasteiger partial charge in [0.15, 0.2) is 0 Å². The Hall–Kier alpha value is -1.51. The summed E-state index contributed by atoms with van der Waals surface area (Å²) in [6.45, 7) is 2.50. The average molecular weight is 364 g/mol. The van der Waals surface area contributed by atoms with Gasteiger partial charge in [-0.15, -0.1) is 10.2 Å². The van der Waals surface area contributed by atoms with E-state index in [1.54, 1.807) is 39.9 Å². The first kappa shape index (κ1) is 16.0. The summed E-state index contributed by atoms with van der Waals surface area (Å²) in [7, 11) is -3.42. The van der Waals surface area contributed by atoms with Crippen molar-refractivity contribution in [2.24, 2.45) is 0 Å². The van der Waals surface area contributed by atoms with E-state index in [4.69, 9.17) is 0 Å². The summed E-state index contributed by atoms with van der Waals surface area (Å²) in [6, 6.07) is 8.67. The molecule has 0 spiro atoms. The molecular weight excluding hydrogens is 344 g/mol. The van der Waals surface area contributed by atoms with Crippen molar-refractivity contribution < 1.29 is 8.42 Å². The molecule has 2 aromatic rings. The predicted octanol–water partition coefficient (Wildman–Crippen LogP) is 2.32. The minimum Gasteiger partial charge on any atom is -0.345 e. The summed E-state index contributed by atoms with van der Waals surface area (Å²) in [4.78, 5) is 2.54. The summed E-state index contributed by atoms with van der Waals surface area (Å²) in [5, 5.41) is 10.7. The molecule has 1 saturated carbocycles. The largest absolute Gasteiger partial charge is 0.345 e. The number of nitrogens with zero attached hydrogens (tertiary/aromatic N) is 4. The lowest BCUT2D eigenvalue weighted by Crippen LogP contribution is -2.35. The lowest BCUT2D eigenvalue weighted by molar-refractivity contribution is 0.433. The van der Waals surface area contributed by atoms with Gasteiger partial charge in [-0.2, -0.15) is 4.31 Å². The Morgan fingerprint density at radius 1 is 1.00 bits per heavy atom. The summed E-state index contributed by atoms with van der Waals surface area (Å²) in [5.41, 5.74) is 0. The van der Waals surface area contributed by atoms with Crippen molar-refractivity contribution in [2.45, 2.75) is 30.1 Å². The highest BCUT2D eigenvalue weighted by Gasteiger charge is 2.30. The molecule has 6 nitrogen and oxygen atoms in total. The maximum Gasteiger partial charge on any atom is 0.243 e. The summed E-state index contributed by atoms with van der Waals surface area (Å²) in [6.07, 6.45) is 3.24. The molecular formula is C16H20N4O2S2. The van der Waals surface area contributed by atoms with E-state index >= 15 is 0 Å². The minimum atomic E-state index is -3.42. The molecule has 1 aromatic heterocycles. The standard InChI is InChI=1S/C16H20N4O2S2/c21-24(22,14-5-2-1-3-6-14)20-10-4-9-19(11-12-20)16-18-17-15(23-16)13-7-8-13/h1-3,5-6,13H,4,7-12H2. The molecule has 0 amide bonds. The van der Waals surface area contributed by atoms with Crippen molar-refractivity contribution in [3.05, 3.63) is 35.3 Å². The van der Waals surface area contributed by atoms with Crippen LogP contribution in [0.4, 0.5) is 5.13 Å². The van der Waals surface area contributed by atoms with Crippen LogP contribution in [0.2, 0.25) is 0 Å². The number of rotatable bonds is 4.